The highest BCUT2D eigenvalue weighted by Crippen LogP contribution is 2.16. The first-order valence-electron chi connectivity index (χ1n) is 5.89. The molecule has 2 rings (SSSR count). The minimum Gasteiger partial charge on any atom is -0.324 e. The number of hydrogen-bond donors (Lipinski definition) is 2. The van der Waals surface area contributed by atoms with Gasteiger partial charge in [-0.25, -0.2) is 0 Å². The van der Waals surface area contributed by atoms with Crippen molar-refractivity contribution in [3.8, 4) is 0 Å². The molecular weight excluding hydrogens is 224 g/mol. The molecule has 3 N–H and O–H groups in total. The number of nitrogens with one attached hydrogen (secondary N) is 1. The molecule has 3 nitrogen and oxygen atoms in total. The highest BCUT2D eigenvalue weighted by molar-refractivity contribution is 6.04. The predicted octanol–water partition coefficient (Wildman–Crippen LogP) is 2.96. The Kier molecular flexibility index (Phi) is 3.75. The molecule has 0 spiro atoms. The van der Waals surface area contributed by atoms with Gasteiger partial charge in [0.25, 0.3) is 5.91 Å². The first-order valence-corrected chi connectivity index (χ1v) is 5.89. The predicted molar refractivity (Wildman–Crippen MR) is 73.4 cm³/mol. The average Bonchev–Trinajstić information content (AvgIpc) is 2.40. The van der Waals surface area contributed by atoms with Gasteiger partial charge < -0.3 is 11.1 Å². The Morgan fingerprint density at radius 3 is 2.50 bits per heavy atom. The number of anilines is 1. The number of rotatable bonds is 3. The van der Waals surface area contributed by atoms with Crippen LogP contribution >= 0.6 is 0 Å². The van der Waals surface area contributed by atoms with Crippen LogP contribution in [0.2, 0.25) is 0 Å². The lowest BCUT2D eigenvalue weighted by Crippen LogP contribution is -2.12. The zero-order valence-electron chi connectivity index (χ0n) is 10.3. The van der Waals surface area contributed by atoms with Gasteiger partial charge in [0.05, 0.1) is 0 Å². The summed E-state index contributed by atoms with van der Waals surface area (Å²) < 4.78 is 0. The maximum absolute atomic E-state index is 12.0. The van der Waals surface area contributed by atoms with E-state index < -0.39 is 0 Å². The summed E-state index contributed by atoms with van der Waals surface area (Å²) in [4.78, 5) is 12.0. The molecule has 92 valence electrons. The summed E-state index contributed by atoms with van der Waals surface area (Å²) in [7, 11) is 0. The van der Waals surface area contributed by atoms with E-state index in [2.05, 4.69) is 5.32 Å². The van der Waals surface area contributed by atoms with Crippen molar-refractivity contribution >= 4 is 11.6 Å². The summed E-state index contributed by atoms with van der Waals surface area (Å²) in [6, 6.07) is 16.7. The van der Waals surface area contributed by atoms with E-state index in [-0.39, 0.29) is 11.9 Å². The molecule has 0 bridgehead atoms. The van der Waals surface area contributed by atoms with Crippen LogP contribution in [-0.4, -0.2) is 5.91 Å². The van der Waals surface area contributed by atoms with Crippen LogP contribution in [0.1, 0.15) is 28.9 Å². The van der Waals surface area contributed by atoms with Crippen molar-refractivity contribution in [2.24, 2.45) is 5.73 Å². The topological polar surface area (TPSA) is 55.1 Å². The van der Waals surface area contributed by atoms with E-state index in [0.29, 0.717) is 5.56 Å². The normalized spacial score (nSPS) is 11.9. The number of carbonyl (C=O) groups excluding carboxylic acids is 1. The number of carbonyl (C=O) groups is 1. The Hall–Kier alpha value is -2.13. The number of hydrogen-bond acceptors (Lipinski definition) is 2. The summed E-state index contributed by atoms with van der Waals surface area (Å²) in [5, 5.41) is 2.86. The summed E-state index contributed by atoms with van der Waals surface area (Å²) >= 11 is 0. The molecular formula is C15H16N2O. The fourth-order valence-electron chi connectivity index (χ4n) is 1.69. The molecule has 3 heteroatoms. The minimum atomic E-state index is -0.113. The van der Waals surface area contributed by atoms with Gasteiger partial charge in [-0.05, 0) is 36.8 Å². The Morgan fingerprint density at radius 2 is 1.83 bits per heavy atom. The molecule has 0 fully saturated rings. The number of nitrogens with two attached hydrogens (primary N) is 1. The second kappa shape index (κ2) is 5.47. The Labute approximate surface area is 107 Å². The third-order valence-corrected chi connectivity index (χ3v) is 2.71. The minimum absolute atomic E-state index is 0.0430. The monoisotopic (exact) mass is 240 g/mol. The van der Waals surface area contributed by atoms with Gasteiger partial charge in [-0.15, -0.1) is 0 Å². The highest BCUT2D eigenvalue weighted by atomic mass is 16.1. The third kappa shape index (κ3) is 2.96. The SMILES string of the molecule is C[C@H](N)c1cccc(NC(=O)c2ccccc2)c1. The number of benzene rings is 2. The van der Waals surface area contributed by atoms with Gasteiger partial charge in [0.2, 0.25) is 0 Å². The van der Waals surface area contributed by atoms with Crippen molar-refractivity contribution in [1.29, 1.82) is 0 Å². The van der Waals surface area contributed by atoms with Gasteiger partial charge >= 0.3 is 0 Å². The quantitative estimate of drug-likeness (QED) is 0.866. The molecule has 0 unspecified atom stereocenters. The van der Waals surface area contributed by atoms with Crippen LogP contribution in [0.5, 0.6) is 0 Å². The first-order chi connectivity index (χ1) is 8.66. The summed E-state index contributed by atoms with van der Waals surface area (Å²) in [5.74, 6) is -0.113. The first kappa shape index (κ1) is 12.3. The fraction of sp³-hybridized carbons (Fsp3) is 0.133. The van der Waals surface area contributed by atoms with Crippen molar-refractivity contribution in [3.63, 3.8) is 0 Å². The van der Waals surface area contributed by atoms with Crippen LogP contribution in [0.25, 0.3) is 0 Å². The second-order valence-corrected chi connectivity index (χ2v) is 4.23. The van der Waals surface area contributed by atoms with Gasteiger partial charge in [0, 0.05) is 17.3 Å². The van der Waals surface area contributed by atoms with Gasteiger partial charge in [-0.1, -0.05) is 30.3 Å². The maximum Gasteiger partial charge on any atom is 0.255 e. The molecule has 1 atom stereocenters. The summed E-state index contributed by atoms with van der Waals surface area (Å²) in [5.41, 5.74) is 8.22. The van der Waals surface area contributed by atoms with Gasteiger partial charge in [-0.3, -0.25) is 4.79 Å². The lowest BCUT2D eigenvalue weighted by Gasteiger charge is -2.09. The zero-order valence-corrected chi connectivity index (χ0v) is 10.3. The van der Waals surface area contributed by atoms with Crippen LogP contribution in [0.15, 0.2) is 54.6 Å². The molecule has 0 radical (unpaired) electrons. The van der Waals surface area contributed by atoms with Crippen molar-refractivity contribution in [1.82, 2.24) is 0 Å². The molecule has 0 aliphatic carbocycles. The molecule has 2 aromatic carbocycles. The average molecular weight is 240 g/mol. The van der Waals surface area contributed by atoms with Crippen molar-refractivity contribution in [3.05, 3.63) is 65.7 Å². The largest absolute Gasteiger partial charge is 0.324 e. The molecule has 0 heterocycles. The second-order valence-electron chi connectivity index (χ2n) is 4.23. The van der Waals surface area contributed by atoms with E-state index in [4.69, 9.17) is 5.73 Å². The highest BCUT2D eigenvalue weighted by Gasteiger charge is 2.06. The summed E-state index contributed by atoms with van der Waals surface area (Å²) in [6.07, 6.45) is 0. The van der Waals surface area contributed by atoms with E-state index in [0.717, 1.165) is 11.3 Å². The molecule has 0 saturated heterocycles. The molecule has 0 saturated carbocycles. The fourth-order valence-corrected chi connectivity index (χ4v) is 1.69. The summed E-state index contributed by atoms with van der Waals surface area (Å²) in [6.45, 7) is 1.91. The van der Waals surface area contributed by atoms with Crippen LogP contribution < -0.4 is 11.1 Å². The van der Waals surface area contributed by atoms with Crippen LogP contribution in [0, 0.1) is 0 Å². The standard InChI is InChI=1S/C15H16N2O/c1-11(16)13-8-5-9-14(10-13)17-15(18)12-6-3-2-4-7-12/h2-11H,16H2,1H3,(H,17,18)/t11-/m0/s1. The molecule has 0 aromatic heterocycles. The smallest absolute Gasteiger partial charge is 0.255 e. The third-order valence-electron chi connectivity index (χ3n) is 2.71. The Bertz CT molecular complexity index is 535. The van der Waals surface area contributed by atoms with Crippen LogP contribution in [0.4, 0.5) is 5.69 Å². The molecule has 0 aliphatic heterocycles. The van der Waals surface area contributed by atoms with E-state index in [9.17, 15) is 4.79 Å². The van der Waals surface area contributed by atoms with Gasteiger partial charge in [0.1, 0.15) is 0 Å². The number of amides is 1. The van der Waals surface area contributed by atoms with E-state index >= 15 is 0 Å². The Morgan fingerprint density at radius 1 is 1.11 bits per heavy atom. The lowest BCUT2D eigenvalue weighted by atomic mass is 10.1. The van der Waals surface area contributed by atoms with Gasteiger partial charge in [-0.2, -0.15) is 0 Å². The molecule has 1 amide bonds. The van der Waals surface area contributed by atoms with Crippen molar-refractivity contribution in [2.75, 3.05) is 5.32 Å². The van der Waals surface area contributed by atoms with E-state index in [1.165, 1.54) is 0 Å². The van der Waals surface area contributed by atoms with E-state index in [1.807, 2.05) is 49.4 Å². The van der Waals surface area contributed by atoms with Crippen molar-refractivity contribution < 1.29 is 4.79 Å². The van der Waals surface area contributed by atoms with Crippen molar-refractivity contribution in [2.45, 2.75) is 13.0 Å². The Balaban J connectivity index is 2.15. The van der Waals surface area contributed by atoms with E-state index in [1.54, 1.807) is 12.1 Å². The maximum atomic E-state index is 12.0. The zero-order chi connectivity index (χ0) is 13.0. The molecule has 18 heavy (non-hydrogen) atoms. The molecule has 0 aliphatic rings. The lowest BCUT2D eigenvalue weighted by molar-refractivity contribution is 0.102. The van der Waals surface area contributed by atoms with Crippen LogP contribution in [0.3, 0.4) is 0 Å². The van der Waals surface area contributed by atoms with Crippen LogP contribution in [-0.2, 0) is 0 Å². The van der Waals surface area contributed by atoms with Gasteiger partial charge in [0.15, 0.2) is 0 Å². The molecule has 2 aromatic rings.